The van der Waals surface area contributed by atoms with Crippen molar-refractivity contribution in [3.8, 4) is 0 Å². The van der Waals surface area contributed by atoms with E-state index in [1.165, 1.54) is 6.33 Å². The van der Waals surface area contributed by atoms with Crippen LogP contribution in [0.5, 0.6) is 0 Å². The first-order valence-corrected chi connectivity index (χ1v) is 4.57. The van der Waals surface area contributed by atoms with Crippen LogP contribution in [0, 0.1) is 0 Å². The largest absolute Gasteiger partial charge is 0.478 e. The predicted octanol–water partition coefficient (Wildman–Crippen LogP) is 0.976. The number of nitrogens with zero attached hydrogens (tertiary/aromatic N) is 4. The standard InChI is InChI=1S/C10H6N4O2/c15-9(16)6-1-2-7-4-11-10-13-12-5-14(10)8(7)3-6/h1-5H,(H,15,16). The van der Waals surface area contributed by atoms with Crippen LogP contribution in [0.1, 0.15) is 10.4 Å². The molecule has 2 aromatic heterocycles. The zero-order valence-electron chi connectivity index (χ0n) is 8.03. The molecular weight excluding hydrogens is 208 g/mol. The van der Waals surface area contributed by atoms with Crippen LogP contribution < -0.4 is 0 Å². The summed E-state index contributed by atoms with van der Waals surface area (Å²) in [7, 11) is 0. The van der Waals surface area contributed by atoms with Crippen LogP contribution in [0.15, 0.2) is 30.7 Å². The molecule has 0 atom stereocenters. The molecule has 0 aliphatic carbocycles. The lowest BCUT2D eigenvalue weighted by molar-refractivity contribution is 0.0697. The first kappa shape index (κ1) is 8.78. The first-order valence-electron chi connectivity index (χ1n) is 4.57. The van der Waals surface area contributed by atoms with Crippen LogP contribution in [-0.2, 0) is 0 Å². The Kier molecular flexibility index (Phi) is 1.64. The predicted molar refractivity (Wildman–Crippen MR) is 55.2 cm³/mol. The molecule has 0 radical (unpaired) electrons. The molecule has 3 rings (SSSR count). The van der Waals surface area contributed by atoms with Gasteiger partial charge in [-0.15, -0.1) is 10.2 Å². The van der Waals surface area contributed by atoms with Crippen molar-refractivity contribution in [2.75, 3.05) is 0 Å². The van der Waals surface area contributed by atoms with E-state index in [4.69, 9.17) is 5.11 Å². The summed E-state index contributed by atoms with van der Waals surface area (Å²) in [5.41, 5.74) is 0.962. The molecule has 78 valence electrons. The van der Waals surface area contributed by atoms with Crippen LogP contribution in [0.2, 0.25) is 0 Å². The summed E-state index contributed by atoms with van der Waals surface area (Å²) in [6.07, 6.45) is 3.15. The zero-order chi connectivity index (χ0) is 11.1. The summed E-state index contributed by atoms with van der Waals surface area (Å²) in [6, 6.07) is 4.84. The highest BCUT2D eigenvalue weighted by molar-refractivity contribution is 5.93. The van der Waals surface area contributed by atoms with Crippen LogP contribution in [-0.4, -0.2) is 30.7 Å². The topological polar surface area (TPSA) is 80.4 Å². The molecule has 6 nitrogen and oxygen atoms in total. The Morgan fingerprint density at radius 3 is 3.06 bits per heavy atom. The van der Waals surface area contributed by atoms with Gasteiger partial charge in [0.25, 0.3) is 5.78 Å². The number of hydrogen-bond donors (Lipinski definition) is 1. The van der Waals surface area contributed by atoms with E-state index < -0.39 is 5.97 Å². The van der Waals surface area contributed by atoms with Crippen LogP contribution in [0.25, 0.3) is 16.7 Å². The lowest BCUT2D eigenvalue weighted by atomic mass is 10.1. The Balaban J connectivity index is 2.46. The van der Waals surface area contributed by atoms with Gasteiger partial charge in [0.2, 0.25) is 0 Å². The minimum atomic E-state index is -0.958. The fraction of sp³-hybridized carbons (Fsp3) is 0. The summed E-state index contributed by atoms with van der Waals surface area (Å²) in [5, 5.41) is 17.3. The van der Waals surface area contributed by atoms with Gasteiger partial charge < -0.3 is 5.11 Å². The van der Waals surface area contributed by atoms with Gasteiger partial charge in [0.05, 0.1) is 11.1 Å². The third kappa shape index (κ3) is 1.13. The van der Waals surface area contributed by atoms with E-state index in [-0.39, 0.29) is 5.56 Å². The molecular formula is C10H6N4O2. The molecule has 1 aromatic carbocycles. The van der Waals surface area contributed by atoms with E-state index in [9.17, 15) is 4.79 Å². The minimum Gasteiger partial charge on any atom is -0.478 e. The van der Waals surface area contributed by atoms with Gasteiger partial charge in [0.1, 0.15) is 6.33 Å². The van der Waals surface area contributed by atoms with Crippen LogP contribution >= 0.6 is 0 Å². The van der Waals surface area contributed by atoms with Gasteiger partial charge in [-0.1, -0.05) is 6.07 Å². The van der Waals surface area contributed by atoms with Crippen molar-refractivity contribution in [1.82, 2.24) is 19.6 Å². The highest BCUT2D eigenvalue weighted by atomic mass is 16.4. The van der Waals surface area contributed by atoms with Crippen molar-refractivity contribution < 1.29 is 9.90 Å². The van der Waals surface area contributed by atoms with Crippen molar-refractivity contribution in [2.24, 2.45) is 0 Å². The quantitative estimate of drug-likeness (QED) is 0.653. The Labute approximate surface area is 89.2 Å². The Morgan fingerprint density at radius 1 is 1.38 bits per heavy atom. The molecule has 0 aliphatic rings. The molecule has 16 heavy (non-hydrogen) atoms. The van der Waals surface area contributed by atoms with Crippen LogP contribution in [0.4, 0.5) is 0 Å². The van der Waals surface area contributed by atoms with E-state index in [1.54, 1.807) is 28.8 Å². The molecule has 3 aromatic rings. The minimum absolute atomic E-state index is 0.230. The lowest BCUT2D eigenvalue weighted by Gasteiger charge is -2.01. The van der Waals surface area contributed by atoms with Crippen molar-refractivity contribution in [1.29, 1.82) is 0 Å². The fourth-order valence-corrected chi connectivity index (χ4v) is 1.61. The van der Waals surface area contributed by atoms with E-state index in [0.717, 1.165) is 10.9 Å². The Morgan fingerprint density at radius 2 is 2.25 bits per heavy atom. The summed E-state index contributed by atoms with van der Waals surface area (Å²) >= 11 is 0. The average Bonchev–Trinajstić information content (AvgIpc) is 2.76. The number of aromatic nitrogens is 4. The Bertz CT molecular complexity index is 704. The highest BCUT2D eigenvalue weighted by Crippen LogP contribution is 2.15. The maximum Gasteiger partial charge on any atom is 0.335 e. The number of benzene rings is 1. The number of carbonyl (C=O) groups is 1. The molecule has 0 amide bonds. The molecule has 0 unspecified atom stereocenters. The lowest BCUT2D eigenvalue weighted by Crippen LogP contribution is -1.98. The van der Waals surface area contributed by atoms with Gasteiger partial charge in [-0.3, -0.25) is 4.40 Å². The zero-order valence-corrected chi connectivity index (χ0v) is 8.03. The van der Waals surface area contributed by atoms with Gasteiger partial charge in [-0.2, -0.15) is 0 Å². The number of hydrogen-bond acceptors (Lipinski definition) is 4. The average molecular weight is 214 g/mol. The van der Waals surface area contributed by atoms with E-state index in [0.29, 0.717) is 5.78 Å². The molecule has 1 N–H and O–H groups in total. The SMILES string of the molecule is O=C(O)c1ccc2cnc3nncn3c2c1. The molecule has 0 fully saturated rings. The summed E-state index contributed by atoms with van der Waals surface area (Å²) < 4.78 is 1.65. The maximum atomic E-state index is 10.9. The molecule has 6 heteroatoms. The second-order valence-electron chi connectivity index (χ2n) is 3.34. The normalized spacial score (nSPS) is 11.0. The molecule has 2 heterocycles. The van der Waals surface area contributed by atoms with Gasteiger partial charge >= 0.3 is 5.97 Å². The number of rotatable bonds is 1. The first-order chi connectivity index (χ1) is 7.75. The maximum absolute atomic E-state index is 10.9. The summed E-state index contributed by atoms with van der Waals surface area (Å²) in [5.74, 6) is -0.505. The third-order valence-electron chi connectivity index (χ3n) is 2.39. The molecule has 0 saturated heterocycles. The second-order valence-corrected chi connectivity index (χ2v) is 3.34. The summed E-state index contributed by atoms with van der Waals surface area (Å²) in [4.78, 5) is 14.9. The van der Waals surface area contributed by atoms with E-state index in [1.807, 2.05) is 0 Å². The highest BCUT2D eigenvalue weighted by Gasteiger charge is 2.07. The van der Waals surface area contributed by atoms with Gasteiger partial charge in [-0.25, -0.2) is 9.78 Å². The second kappa shape index (κ2) is 2.99. The number of carboxylic acids is 1. The van der Waals surface area contributed by atoms with Gasteiger partial charge in [-0.05, 0) is 12.1 Å². The number of aromatic carboxylic acids is 1. The van der Waals surface area contributed by atoms with E-state index >= 15 is 0 Å². The van der Waals surface area contributed by atoms with Crippen molar-refractivity contribution in [2.45, 2.75) is 0 Å². The van der Waals surface area contributed by atoms with Gasteiger partial charge in [0.15, 0.2) is 0 Å². The van der Waals surface area contributed by atoms with Crippen molar-refractivity contribution in [3.05, 3.63) is 36.3 Å². The Hall–Kier alpha value is -2.50. The smallest absolute Gasteiger partial charge is 0.335 e. The van der Waals surface area contributed by atoms with E-state index in [2.05, 4.69) is 15.2 Å². The summed E-state index contributed by atoms with van der Waals surface area (Å²) in [6.45, 7) is 0. The molecule has 0 aliphatic heterocycles. The molecule has 0 saturated carbocycles. The van der Waals surface area contributed by atoms with Crippen LogP contribution in [0.3, 0.4) is 0 Å². The van der Waals surface area contributed by atoms with Crippen molar-refractivity contribution in [3.63, 3.8) is 0 Å². The molecule has 0 spiro atoms. The number of fused-ring (bicyclic) bond motifs is 3. The van der Waals surface area contributed by atoms with Gasteiger partial charge in [0, 0.05) is 11.6 Å². The number of carboxylic acid groups (broad SMARTS) is 1. The monoisotopic (exact) mass is 214 g/mol. The van der Waals surface area contributed by atoms with Crippen molar-refractivity contribution >= 4 is 22.6 Å². The fourth-order valence-electron chi connectivity index (χ4n) is 1.61. The third-order valence-corrected chi connectivity index (χ3v) is 2.39. The molecule has 0 bridgehead atoms.